The van der Waals surface area contributed by atoms with Crippen molar-refractivity contribution in [2.24, 2.45) is 0 Å². The van der Waals surface area contributed by atoms with E-state index in [9.17, 15) is 4.79 Å². The third-order valence-corrected chi connectivity index (χ3v) is 2.11. The van der Waals surface area contributed by atoms with Crippen LogP contribution in [0.1, 0.15) is 27.2 Å². The summed E-state index contributed by atoms with van der Waals surface area (Å²) >= 11 is 0. The minimum Gasteiger partial charge on any atom is -0.498 e. The van der Waals surface area contributed by atoms with Crippen LogP contribution < -0.4 is 0 Å². The van der Waals surface area contributed by atoms with Crippen molar-refractivity contribution in [3.8, 4) is 0 Å². The molecule has 5 heteroatoms. The van der Waals surface area contributed by atoms with Crippen LogP contribution >= 0.6 is 0 Å². The second-order valence-corrected chi connectivity index (χ2v) is 4.04. The monoisotopic (exact) mass is 230 g/mol. The van der Waals surface area contributed by atoms with E-state index in [0.29, 0.717) is 25.4 Å². The molecule has 92 valence electrons. The summed E-state index contributed by atoms with van der Waals surface area (Å²) < 4.78 is 16.2. The molecule has 0 aromatic heterocycles. The number of carbonyl (C=O) groups is 1. The van der Waals surface area contributed by atoms with Gasteiger partial charge in [-0.2, -0.15) is 0 Å². The first-order chi connectivity index (χ1) is 7.43. The van der Waals surface area contributed by atoms with Crippen LogP contribution in [0.2, 0.25) is 0 Å². The summed E-state index contributed by atoms with van der Waals surface area (Å²) in [5, 5.41) is 8.66. The summed E-state index contributed by atoms with van der Waals surface area (Å²) in [6.45, 7) is 6.36. The molecule has 1 unspecified atom stereocenters. The maximum Gasteiger partial charge on any atom is 0.331 e. The minimum atomic E-state index is -1.01. The van der Waals surface area contributed by atoms with Crippen LogP contribution in [0, 0.1) is 0 Å². The Labute approximate surface area is 95.0 Å². The third kappa shape index (κ3) is 4.20. The first kappa shape index (κ1) is 13.0. The summed E-state index contributed by atoms with van der Waals surface area (Å²) in [7, 11) is 0. The topological polar surface area (TPSA) is 65.0 Å². The maximum absolute atomic E-state index is 10.6. The Morgan fingerprint density at radius 1 is 1.62 bits per heavy atom. The van der Waals surface area contributed by atoms with E-state index in [1.807, 2.05) is 20.8 Å². The van der Waals surface area contributed by atoms with E-state index >= 15 is 0 Å². The predicted molar refractivity (Wildman–Crippen MR) is 56.9 cm³/mol. The van der Waals surface area contributed by atoms with Crippen molar-refractivity contribution in [1.82, 2.24) is 0 Å². The molecule has 0 aromatic carbocycles. The fourth-order valence-corrected chi connectivity index (χ4v) is 1.57. The van der Waals surface area contributed by atoms with Gasteiger partial charge in [-0.05, 0) is 20.8 Å². The third-order valence-electron chi connectivity index (χ3n) is 2.11. The molecule has 0 spiro atoms. The smallest absolute Gasteiger partial charge is 0.331 e. The first-order valence-corrected chi connectivity index (χ1v) is 5.31. The van der Waals surface area contributed by atoms with Crippen molar-refractivity contribution in [1.29, 1.82) is 0 Å². The Hall–Kier alpha value is -1.07. The van der Waals surface area contributed by atoms with Gasteiger partial charge in [-0.25, -0.2) is 4.79 Å². The summed E-state index contributed by atoms with van der Waals surface area (Å²) in [6.07, 6.45) is 1.34. The van der Waals surface area contributed by atoms with Gasteiger partial charge in [0.05, 0.1) is 25.4 Å². The molecule has 1 saturated heterocycles. The van der Waals surface area contributed by atoms with Gasteiger partial charge in [0.25, 0.3) is 0 Å². The van der Waals surface area contributed by atoms with Crippen LogP contribution in [0.25, 0.3) is 0 Å². The second-order valence-electron chi connectivity index (χ2n) is 4.04. The van der Waals surface area contributed by atoms with Crippen molar-refractivity contribution in [2.45, 2.75) is 39.1 Å². The van der Waals surface area contributed by atoms with Gasteiger partial charge in [-0.3, -0.25) is 0 Å². The Morgan fingerprint density at radius 2 is 2.31 bits per heavy atom. The van der Waals surface area contributed by atoms with Crippen LogP contribution in [-0.2, 0) is 19.0 Å². The van der Waals surface area contributed by atoms with E-state index < -0.39 is 11.8 Å². The molecule has 1 atom stereocenters. The van der Waals surface area contributed by atoms with E-state index in [-0.39, 0.29) is 6.10 Å². The van der Waals surface area contributed by atoms with E-state index in [1.54, 1.807) is 0 Å². The molecule has 1 N–H and O–H groups in total. The van der Waals surface area contributed by atoms with Crippen LogP contribution in [0.5, 0.6) is 0 Å². The zero-order valence-electron chi connectivity index (χ0n) is 9.86. The maximum atomic E-state index is 10.6. The Balaban J connectivity index is 2.53. The Bertz CT molecular complexity index is 282. The number of carboxylic acids is 1. The fourth-order valence-electron chi connectivity index (χ4n) is 1.57. The van der Waals surface area contributed by atoms with Crippen molar-refractivity contribution in [3.05, 3.63) is 11.8 Å². The predicted octanol–water partition coefficient (Wildman–Crippen LogP) is 1.53. The quantitative estimate of drug-likeness (QED) is 0.573. The molecular formula is C11H18O5. The van der Waals surface area contributed by atoms with E-state index in [2.05, 4.69) is 0 Å². The number of ether oxygens (including phenoxy) is 3. The normalized spacial score (nSPS) is 24.4. The molecule has 0 bridgehead atoms. The van der Waals surface area contributed by atoms with Crippen molar-refractivity contribution in [2.75, 3.05) is 13.2 Å². The standard InChI is InChI=1S/C11H18O5/c1-4-14-8(6-10(12)13)5-9-7-15-11(2,3)16-9/h6,9H,4-5,7H2,1-3H3,(H,12,13)/b8-6+. The molecule has 1 aliphatic rings. The van der Waals surface area contributed by atoms with Crippen molar-refractivity contribution < 1.29 is 24.1 Å². The lowest BCUT2D eigenvalue weighted by Crippen LogP contribution is -2.22. The highest BCUT2D eigenvalue weighted by molar-refractivity contribution is 5.80. The van der Waals surface area contributed by atoms with Gasteiger partial charge in [0, 0.05) is 6.42 Å². The Kier molecular flexibility index (Phi) is 4.32. The lowest BCUT2D eigenvalue weighted by atomic mass is 10.2. The number of rotatable bonds is 5. The zero-order chi connectivity index (χ0) is 12.2. The molecule has 5 nitrogen and oxygen atoms in total. The molecule has 1 rings (SSSR count). The summed E-state index contributed by atoms with van der Waals surface area (Å²) in [6, 6.07) is 0. The van der Waals surface area contributed by atoms with Gasteiger partial charge in [0.2, 0.25) is 0 Å². The number of hydrogen-bond acceptors (Lipinski definition) is 4. The van der Waals surface area contributed by atoms with Gasteiger partial charge >= 0.3 is 5.97 Å². The van der Waals surface area contributed by atoms with E-state index in [4.69, 9.17) is 19.3 Å². The number of hydrogen-bond donors (Lipinski definition) is 1. The van der Waals surface area contributed by atoms with Crippen LogP contribution in [0.3, 0.4) is 0 Å². The zero-order valence-corrected chi connectivity index (χ0v) is 9.86. The van der Waals surface area contributed by atoms with E-state index in [1.165, 1.54) is 0 Å². The summed E-state index contributed by atoms with van der Waals surface area (Å²) in [5.74, 6) is -1.19. The number of carboxylic acid groups (broad SMARTS) is 1. The molecule has 0 aliphatic carbocycles. The molecule has 1 heterocycles. The van der Waals surface area contributed by atoms with E-state index in [0.717, 1.165) is 6.08 Å². The van der Waals surface area contributed by atoms with Crippen molar-refractivity contribution >= 4 is 5.97 Å². The van der Waals surface area contributed by atoms with Crippen LogP contribution in [0.4, 0.5) is 0 Å². The molecule has 0 aromatic rings. The summed E-state index contributed by atoms with van der Waals surface area (Å²) in [4.78, 5) is 10.6. The molecule has 16 heavy (non-hydrogen) atoms. The van der Waals surface area contributed by atoms with Gasteiger partial charge < -0.3 is 19.3 Å². The molecule has 0 radical (unpaired) electrons. The van der Waals surface area contributed by atoms with Crippen LogP contribution in [0.15, 0.2) is 11.8 Å². The molecule has 0 saturated carbocycles. The van der Waals surface area contributed by atoms with Gasteiger partial charge in [0.1, 0.15) is 5.76 Å². The second kappa shape index (κ2) is 5.32. The highest BCUT2D eigenvalue weighted by Crippen LogP contribution is 2.26. The molecule has 1 fully saturated rings. The lowest BCUT2D eigenvalue weighted by molar-refractivity contribution is -0.138. The average molecular weight is 230 g/mol. The Morgan fingerprint density at radius 3 is 2.75 bits per heavy atom. The van der Waals surface area contributed by atoms with Gasteiger partial charge in [-0.15, -0.1) is 0 Å². The fraction of sp³-hybridized carbons (Fsp3) is 0.727. The summed E-state index contributed by atoms with van der Waals surface area (Å²) in [5.41, 5.74) is 0. The van der Waals surface area contributed by atoms with Crippen LogP contribution in [-0.4, -0.2) is 36.2 Å². The molecule has 1 aliphatic heterocycles. The van der Waals surface area contributed by atoms with Crippen molar-refractivity contribution in [3.63, 3.8) is 0 Å². The molecule has 0 amide bonds. The first-order valence-electron chi connectivity index (χ1n) is 5.31. The van der Waals surface area contributed by atoms with Gasteiger partial charge in [-0.1, -0.05) is 0 Å². The minimum absolute atomic E-state index is 0.146. The highest BCUT2D eigenvalue weighted by atomic mass is 16.7. The SMILES string of the molecule is CCO/C(=C/C(=O)O)CC1COC(C)(C)O1. The average Bonchev–Trinajstić information content (AvgIpc) is 2.44. The lowest BCUT2D eigenvalue weighted by Gasteiger charge is -2.17. The molecular weight excluding hydrogens is 212 g/mol. The van der Waals surface area contributed by atoms with Gasteiger partial charge in [0.15, 0.2) is 5.79 Å². The highest BCUT2D eigenvalue weighted by Gasteiger charge is 2.33. The number of aliphatic carboxylic acids is 1. The largest absolute Gasteiger partial charge is 0.498 e.